The smallest absolute Gasteiger partial charge is 0.169 e. The van der Waals surface area contributed by atoms with Gasteiger partial charge < -0.3 is 17.0 Å². The van der Waals surface area contributed by atoms with E-state index in [0.717, 1.165) is 6.54 Å². The first-order chi connectivity index (χ1) is 11.9. The molecule has 0 saturated carbocycles. The maximum atomic E-state index is 2.28. The van der Waals surface area contributed by atoms with Crippen LogP contribution in [0.25, 0.3) is 22.9 Å². The molecule has 0 amide bonds. The molecule has 0 unspecified atom stereocenters. The van der Waals surface area contributed by atoms with E-state index < -0.39 is 0 Å². The molecule has 1 heterocycles. The number of hydrogen-bond acceptors (Lipinski definition) is 0. The summed E-state index contributed by atoms with van der Waals surface area (Å²) in [4.78, 5) is 0. The van der Waals surface area contributed by atoms with Crippen molar-refractivity contribution in [2.45, 2.75) is 39.2 Å². The summed E-state index contributed by atoms with van der Waals surface area (Å²) in [5, 5.41) is 2.59. The lowest BCUT2D eigenvalue weighted by molar-refractivity contribution is -0.697. The predicted molar refractivity (Wildman–Crippen MR) is 104 cm³/mol. The number of aromatic nitrogens is 1. The summed E-state index contributed by atoms with van der Waals surface area (Å²) in [6, 6.07) is 19.4. The standard InChI is InChI=1S/C23H26N.BrH/c1-2-3-4-7-17-24-18-15-20(16-19-24)13-14-22-11-8-10-21-9-5-6-12-23(21)22;/h5-6,8-16,18-19H,2-4,7,17H2,1H3;1H/q+1;/p-1/b14-13+;. The van der Waals surface area contributed by atoms with Gasteiger partial charge in [-0.3, -0.25) is 0 Å². The van der Waals surface area contributed by atoms with E-state index in [1.165, 1.54) is 47.6 Å². The minimum absolute atomic E-state index is 0. The monoisotopic (exact) mass is 395 g/mol. The van der Waals surface area contributed by atoms with Gasteiger partial charge in [0.2, 0.25) is 0 Å². The summed E-state index contributed by atoms with van der Waals surface area (Å²) in [5.41, 5.74) is 2.51. The third kappa shape index (κ3) is 5.54. The zero-order chi connectivity index (χ0) is 16.6. The average molecular weight is 396 g/mol. The topological polar surface area (TPSA) is 3.88 Å². The van der Waals surface area contributed by atoms with E-state index in [0.29, 0.717) is 0 Å². The number of nitrogens with zero attached hydrogens (tertiary/aromatic N) is 1. The maximum absolute atomic E-state index is 2.28. The van der Waals surface area contributed by atoms with Gasteiger partial charge >= 0.3 is 0 Å². The van der Waals surface area contributed by atoms with Crippen LogP contribution in [0.1, 0.15) is 43.7 Å². The Bertz CT molecular complexity index is 800. The van der Waals surface area contributed by atoms with Gasteiger partial charge in [0.25, 0.3) is 0 Å². The van der Waals surface area contributed by atoms with Crippen molar-refractivity contribution in [3.63, 3.8) is 0 Å². The fourth-order valence-electron chi connectivity index (χ4n) is 3.03. The SMILES string of the molecule is CCCCCC[n+]1ccc(/C=C/c2cccc3ccccc23)cc1.[Br-]. The molecule has 0 aliphatic carbocycles. The van der Waals surface area contributed by atoms with Crippen LogP contribution in [-0.4, -0.2) is 0 Å². The second-order valence-electron chi connectivity index (χ2n) is 6.33. The average Bonchev–Trinajstić information content (AvgIpc) is 2.64. The lowest BCUT2D eigenvalue weighted by atomic mass is 10.0. The Kier molecular flexibility index (Phi) is 7.87. The van der Waals surface area contributed by atoms with Crippen molar-refractivity contribution < 1.29 is 21.5 Å². The number of fused-ring (bicyclic) bond motifs is 1. The largest absolute Gasteiger partial charge is 1.00 e. The molecule has 130 valence electrons. The molecule has 0 atom stereocenters. The molecule has 2 aromatic carbocycles. The quantitative estimate of drug-likeness (QED) is 0.427. The molecule has 0 aliphatic rings. The van der Waals surface area contributed by atoms with Crippen LogP contribution in [0.15, 0.2) is 67.0 Å². The number of benzene rings is 2. The third-order valence-electron chi connectivity index (χ3n) is 4.47. The van der Waals surface area contributed by atoms with Crippen molar-refractivity contribution in [1.82, 2.24) is 0 Å². The summed E-state index contributed by atoms with van der Waals surface area (Å²) < 4.78 is 2.28. The first kappa shape index (κ1) is 19.4. The number of unbranched alkanes of at least 4 members (excludes halogenated alkanes) is 3. The van der Waals surface area contributed by atoms with Gasteiger partial charge in [-0.15, -0.1) is 0 Å². The fraction of sp³-hybridized carbons (Fsp3) is 0.261. The van der Waals surface area contributed by atoms with E-state index in [1.54, 1.807) is 0 Å². The number of rotatable bonds is 7. The van der Waals surface area contributed by atoms with Gasteiger partial charge in [0, 0.05) is 18.6 Å². The number of aryl methyl sites for hydroxylation is 1. The molecule has 25 heavy (non-hydrogen) atoms. The summed E-state index contributed by atoms with van der Waals surface area (Å²) in [7, 11) is 0. The molecule has 0 aliphatic heterocycles. The summed E-state index contributed by atoms with van der Waals surface area (Å²) in [6.07, 6.45) is 14.0. The minimum atomic E-state index is 0. The summed E-state index contributed by atoms with van der Waals surface area (Å²) >= 11 is 0. The molecule has 0 N–H and O–H groups in total. The van der Waals surface area contributed by atoms with Crippen LogP contribution >= 0.6 is 0 Å². The first-order valence-corrected chi connectivity index (χ1v) is 9.02. The molecule has 0 radical (unpaired) electrons. The van der Waals surface area contributed by atoms with Crippen molar-refractivity contribution in [1.29, 1.82) is 0 Å². The maximum Gasteiger partial charge on any atom is 0.169 e. The Morgan fingerprint density at radius 3 is 2.36 bits per heavy atom. The Morgan fingerprint density at radius 1 is 0.800 bits per heavy atom. The Labute approximate surface area is 161 Å². The molecular formula is C23H26BrN. The van der Waals surface area contributed by atoms with Crippen LogP contribution in [0.5, 0.6) is 0 Å². The molecule has 1 nitrogen and oxygen atoms in total. The van der Waals surface area contributed by atoms with Gasteiger partial charge in [-0.1, -0.05) is 74.4 Å². The summed E-state index contributed by atoms with van der Waals surface area (Å²) in [5.74, 6) is 0. The van der Waals surface area contributed by atoms with E-state index in [-0.39, 0.29) is 17.0 Å². The third-order valence-corrected chi connectivity index (χ3v) is 4.47. The summed E-state index contributed by atoms with van der Waals surface area (Å²) in [6.45, 7) is 3.37. The molecule has 1 aromatic heterocycles. The normalized spacial score (nSPS) is 10.9. The molecule has 0 fully saturated rings. The second kappa shape index (κ2) is 10.1. The molecule has 0 spiro atoms. The highest BCUT2D eigenvalue weighted by atomic mass is 79.9. The van der Waals surface area contributed by atoms with E-state index >= 15 is 0 Å². The molecule has 2 heteroatoms. The zero-order valence-electron chi connectivity index (χ0n) is 14.9. The number of hydrogen-bond donors (Lipinski definition) is 0. The van der Waals surface area contributed by atoms with Crippen LogP contribution in [0.4, 0.5) is 0 Å². The highest BCUT2D eigenvalue weighted by molar-refractivity contribution is 5.92. The lowest BCUT2D eigenvalue weighted by Crippen LogP contribution is -3.00. The van der Waals surface area contributed by atoms with Gasteiger partial charge in [-0.25, -0.2) is 4.57 Å². The zero-order valence-corrected chi connectivity index (χ0v) is 16.5. The van der Waals surface area contributed by atoms with Crippen LogP contribution in [0.3, 0.4) is 0 Å². The molecule has 0 saturated heterocycles. The van der Waals surface area contributed by atoms with E-state index in [9.17, 15) is 0 Å². The van der Waals surface area contributed by atoms with Gasteiger partial charge in [-0.05, 0) is 28.3 Å². The van der Waals surface area contributed by atoms with Crippen LogP contribution in [0, 0.1) is 0 Å². The van der Waals surface area contributed by atoms with Crippen LogP contribution in [-0.2, 0) is 6.54 Å². The fourth-order valence-corrected chi connectivity index (χ4v) is 3.03. The van der Waals surface area contributed by atoms with Crippen LogP contribution < -0.4 is 21.5 Å². The van der Waals surface area contributed by atoms with Crippen molar-refractivity contribution >= 4 is 22.9 Å². The van der Waals surface area contributed by atoms with E-state index in [2.05, 4.69) is 90.6 Å². The lowest BCUT2D eigenvalue weighted by Gasteiger charge is -2.02. The highest BCUT2D eigenvalue weighted by Crippen LogP contribution is 2.20. The van der Waals surface area contributed by atoms with Gasteiger partial charge in [0.1, 0.15) is 6.54 Å². The predicted octanol–water partition coefficient (Wildman–Crippen LogP) is 2.88. The molecule has 3 rings (SSSR count). The van der Waals surface area contributed by atoms with E-state index in [1.807, 2.05) is 0 Å². The van der Waals surface area contributed by atoms with Crippen molar-refractivity contribution in [2.75, 3.05) is 0 Å². The van der Waals surface area contributed by atoms with Crippen molar-refractivity contribution in [3.8, 4) is 0 Å². The second-order valence-corrected chi connectivity index (χ2v) is 6.33. The van der Waals surface area contributed by atoms with Crippen LogP contribution in [0.2, 0.25) is 0 Å². The molecular weight excluding hydrogens is 370 g/mol. The Hall–Kier alpha value is -1.93. The van der Waals surface area contributed by atoms with Crippen molar-refractivity contribution in [2.24, 2.45) is 0 Å². The van der Waals surface area contributed by atoms with Gasteiger partial charge in [0.05, 0.1) is 0 Å². The highest BCUT2D eigenvalue weighted by Gasteiger charge is 2.00. The Morgan fingerprint density at radius 2 is 1.56 bits per heavy atom. The van der Waals surface area contributed by atoms with Gasteiger partial charge in [-0.2, -0.15) is 0 Å². The van der Waals surface area contributed by atoms with Crippen molar-refractivity contribution in [3.05, 3.63) is 78.1 Å². The van der Waals surface area contributed by atoms with E-state index in [4.69, 9.17) is 0 Å². The number of pyridine rings is 1. The van der Waals surface area contributed by atoms with Gasteiger partial charge in [0.15, 0.2) is 12.4 Å². The molecule has 3 aromatic rings. The minimum Gasteiger partial charge on any atom is -1.00 e. The number of halogens is 1. The first-order valence-electron chi connectivity index (χ1n) is 9.02. The molecule has 0 bridgehead atoms. The Balaban J connectivity index is 0.00000225.